The molecule has 0 aliphatic rings. The van der Waals surface area contributed by atoms with Crippen molar-refractivity contribution in [3.05, 3.63) is 40.2 Å². The fourth-order valence-corrected chi connectivity index (χ4v) is 2.34. The van der Waals surface area contributed by atoms with E-state index in [1.165, 1.54) is 16.9 Å². The Balaban J connectivity index is 2.25. The monoisotopic (exact) mass is 287 g/mol. The minimum Gasteiger partial charge on any atom is -0.463 e. The summed E-state index contributed by atoms with van der Waals surface area (Å²) in [6.07, 6.45) is 3.85. The van der Waals surface area contributed by atoms with Crippen molar-refractivity contribution in [2.24, 2.45) is 0 Å². The van der Waals surface area contributed by atoms with Gasteiger partial charge in [-0.2, -0.15) is 9.78 Å². The molecule has 0 saturated heterocycles. The molecule has 0 radical (unpaired) electrons. The molecule has 0 aliphatic heterocycles. The van der Waals surface area contributed by atoms with Crippen LogP contribution in [0.1, 0.15) is 18.2 Å². The van der Waals surface area contributed by atoms with Crippen LogP contribution in [0.15, 0.2) is 23.4 Å². The first-order chi connectivity index (χ1) is 10.0. The predicted octanol–water partition coefficient (Wildman–Crippen LogP) is 1.28. The molecule has 8 nitrogen and oxygen atoms in total. The fraction of sp³-hybridized carbons (Fsp3) is 0.231. The van der Waals surface area contributed by atoms with Gasteiger partial charge in [-0.25, -0.2) is 14.3 Å². The number of aromatic amines is 1. The quantitative estimate of drug-likeness (QED) is 0.738. The molecule has 3 heterocycles. The molecule has 3 aromatic heterocycles. The lowest BCUT2D eigenvalue weighted by molar-refractivity contribution is 0.192. The SMILES string of the molecule is CCc1c(C)nc2c(-c3cnn(C(=O)O)c3)c[nH]n2c1=O. The van der Waals surface area contributed by atoms with E-state index in [1.807, 2.05) is 6.92 Å². The first-order valence-corrected chi connectivity index (χ1v) is 6.41. The number of hydrogen-bond donors (Lipinski definition) is 2. The van der Waals surface area contributed by atoms with Crippen LogP contribution in [0.2, 0.25) is 0 Å². The highest BCUT2D eigenvalue weighted by molar-refractivity contribution is 5.78. The summed E-state index contributed by atoms with van der Waals surface area (Å²) in [6.45, 7) is 3.69. The lowest BCUT2D eigenvalue weighted by atomic mass is 10.1. The average molecular weight is 287 g/mol. The van der Waals surface area contributed by atoms with E-state index in [-0.39, 0.29) is 5.56 Å². The summed E-state index contributed by atoms with van der Waals surface area (Å²) in [7, 11) is 0. The highest BCUT2D eigenvalue weighted by Gasteiger charge is 2.15. The van der Waals surface area contributed by atoms with Crippen molar-refractivity contribution in [2.75, 3.05) is 0 Å². The summed E-state index contributed by atoms with van der Waals surface area (Å²) in [4.78, 5) is 27.6. The number of carbonyl (C=O) groups is 1. The van der Waals surface area contributed by atoms with Gasteiger partial charge >= 0.3 is 6.09 Å². The van der Waals surface area contributed by atoms with Crippen molar-refractivity contribution in [3.63, 3.8) is 0 Å². The number of aromatic nitrogens is 5. The lowest BCUT2D eigenvalue weighted by Crippen LogP contribution is -2.21. The van der Waals surface area contributed by atoms with Gasteiger partial charge in [0.2, 0.25) is 0 Å². The summed E-state index contributed by atoms with van der Waals surface area (Å²) < 4.78 is 2.17. The molecular weight excluding hydrogens is 274 g/mol. The van der Waals surface area contributed by atoms with Crippen molar-refractivity contribution in [1.29, 1.82) is 0 Å². The summed E-state index contributed by atoms with van der Waals surface area (Å²) in [6, 6.07) is 0. The number of rotatable bonds is 2. The van der Waals surface area contributed by atoms with Gasteiger partial charge in [0.15, 0.2) is 5.65 Å². The third kappa shape index (κ3) is 1.92. The first-order valence-electron chi connectivity index (χ1n) is 6.41. The fourth-order valence-electron chi connectivity index (χ4n) is 2.34. The number of hydrogen-bond acceptors (Lipinski definition) is 4. The van der Waals surface area contributed by atoms with E-state index < -0.39 is 6.09 Å². The van der Waals surface area contributed by atoms with Crippen LogP contribution >= 0.6 is 0 Å². The van der Waals surface area contributed by atoms with E-state index >= 15 is 0 Å². The van der Waals surface area contributed by atoms with E-state index in [1.54, 1.807) is 13.1 Å². The van der Waals surface area contributed by atoms with Crippen molar-refractivity contribution in [2.45, 2.75) is 20.3 Å². The van der Waals surface area contributed by atoms with Crippen LogP contribution in [0, 0.1) is 6.92 Å². The largest absolute Gasteiger partial charge is 0.463 e. The molecule has 3 rings (SSSR count). The molecular formula is C13H13N5O3. The molecule has 0 amide bonds. The molecule has 3 aromatic rings. The van der Waals surface area contributed by atoms with E-state index in [0.717, 1.165) is 4.68 Å². The van der Waals surface area contributed by atoms with Crippen LogP contribution in [0.3, 0.4) is 0 Å². The van der Waals surface area contributed by atoms with Crippen LogP contribution in [0.25, 0.3) is 16.8 Å². The van der Waals surface area contributed by atoms with Crippen LogP contribution in [0.4, 0.5) is 4.79 Å². The lowest BCUT2D eigenvalue weighted by Gasteiger charge is -2.03. The summed E-state index contributed by atoms with van der Waals surface area (Å²) in [5, 5.41) is 15.5. The topological polar surface area (TPSA) is 105 Å². The van der Waals surface area contributed by atoms with Gasteiger partial charge in [-0.3, -0.25) is 9.89 Å². The summed E-state index contributed by atoms with van der Waals surface area (Å²) in [5.74, 6) is 0. The first kappa shape index (κ1) is 13.1. The van der Waals surface area contributed by atoms with E-state index in [2.05, 4.69) is 15.2 Å². The molecule has 0 fully saturated rings. The zero-order valence-corrected chi connectivity index (χ0v) is 11.5. The van der Waals surface area contributed by atoms with Gasteiger partial charge < -0.3 is 5.11 Å². The second-order valence-electron chi connectivity index (χ2n) is 4.64. The maximum absolute atomic E-state index is 12.3. The molecule has 0 saturated carbocycles. The van der Waals surface area contributed by atoms with Crippen LogP contribution in [0.5, 0.6) is 0 Å². The number of nitrogens with one attached hydrogen (secondary N) is 1. The van der Waals surface area contributed by atoms with Crippen molar-refractivity contribution < 1.29 is 9.90 Å². The van der Waals surface area contributed by atoms with E-state index in [0.29, 0.717) is 34.5 Å². The minimum atomic E-state index is -1.17. The van der Waals surface area contributed by atoms with Gasteiger partial charge in [-0.1, -0.05) is 6.92 Å². The maximum atomic E-state index is 12.3. The molecule has 0 atom stereocenters. The zero-order valence-electron chi connectivity index (χ0n) is 11.5. The van der Waals surface area contributed by atoms with Crippen LogP contribution < -0.4 is 5.56 Å². The average Bonchev–Trinajstić information content (AvgIpc) is 3.04. The van der Waals surface area contributed by atoms with E-state index in [9.17, 15) is 9.59 Å². The number of H-pyrrole nitrogens is 1. The van der Waals surface area contributed by atoms with Gasteiger partial charge in [0.05, 0.1) is 6.20 Å². The third-order valence-electron chi connectivity index (χ3n) is 3.41. The Bertz CT molecular complexity index is 902. The molecule has 0 spiro atoms. The Labute approximate surface area is 118 Å². The second kappa shape index (κ2) is 4.58. The normalized spacial score (nSPS) is 11.1. The molecule has 0 bridgehead atoms. The summed E-state index contributed by atoms with van der Waals surface area (Å²) in [5.41, 5.74) is 2.85. The highest BCUT2D eigenvalue weighted by atomic mass is 16.4. The van der Waals surface area contributed by atoms with Gasteiger partial charge in [0.25, 0.3) is 5.56 Å². The van der Waals surface area contributed by atoms with Gasteiger partial charge in [-0.05, 0) is 13.3 Å². The number of aryl methyl sites for hydroxylation is 1. The van der Waals surface area contributed by atoms with Crippen molar-refractivity contribution in [1.82, 2.24) is 24.4 Å². The van der Waals surface area contributed by atoms with Gasteiger partial charge in [0, 0.05) is 34.8 Å². The number of fused-ring (bicyclic) bond motifs is 1. The molecule has 0 unspecified atom stereocenters. The molecule has 108 valence electrons. The van der Waals surface area contributed by atoms with Crippen molar-refractivity contribution >= 4 is 11.7 Å². The van der Waals surface area contributed by atoms with E-state index in [4.69, 9.17) is 5.11 Å². The zero-order chi connectivity index (χ0) is 15.1. The molecule has 8 heteroatoms. The predicted molar refractivity (Wildman–Crippen MR) is 74.6 cm³/mol. The smallest absolute Gasteiger partial charge is 0.432 e. The van der Waals surface area contributed by atoms with Crippen LogP contribution in [-0.4, -0.2) is 35.6 Å². The van der Waals surface area contributed by atoms with Gasteiger partial charge in [-0.15, -0.1) is 0 Å². The Hall–Kier alpha value is -2.90. The standard InChI is InChI=1S/C13H13N5O3/c1-3-9-7(2)16-11-10(5-15-18(11)12(9)19)8-4-14-17(6-8)13(20)21/h4-6,15H,3H2,1-2H3,(H,20,21). The second-order valence-corrected chi connectivity index (χ2v) is 4.64. The van der Waals surface area contributed by atoms with Gasteiger partial charge in [0.1, 0.15) is 0 Å². The molecule has 0 aromatic carbocycles. The minimum absolute atomic E-state index is 0.142. The Morgan fingerprint density at radius 2 is 2.24 bits per heavy atom. The number of carboxylic acid groups (broad SMARTS) is 1. The number of nitrogens with zero attached hydrogens (tertiary/aromatic N) is 4. The molecule has 21 heavy (non-hydrogen) atoms. The highest BCUT2D eigenvalue weighted by Crippen LogP contribution is 2.22. The van der Waals surface area contributed by atoms with Crippen LogP contribution in [-0.2, 0) is 6.42 Å². The third-order valence-corrected chi connectivity index (χ3v) is 3.41. The Morgan fingerprint density at radius 1 is 1.48 bits per heavy atom. The Kier molecular flexibility index (Phi) is 2.86. The maximum Gasteiger partial charge on any atom is 0.432 e. The molecule has 2 N–H and O–H groups in total. The molecule has 0 aliphatic carbocycles. The summed E-state index contributed by atoms with van der Waals surface area (Å²) >= 11 is 0. The Morgan fingerprint density at radius 3 is 2.86 bits per heavy atom. The van der Waals surface area contributed by atoms with Crippen molar-refractivity contribution in [3.8, 4) is 11.1 Å².